The second kappa shape index (κ2) is 8.83. The van der Waals surface area contributed by atoms with E-state index in [1.54, 1.807) is 4.57 Å². The first-order valence-corrected chi connectivity index (χ1v) is 11.2. The SMILES string of the molecule is O=C(CCn1c(=O)c(N2CCCCC2)nc2ccccc21)Nc1cccc2ccccc12. The summed E-state index contributed by atoms with van der Waals surface area (Å²) in [5.74, 6) is 0.381. The molecule has 0 radical (unpaired) electrons. The Morgan fingerprint density at radius 2 is 1.66 bits per heavy atom. The fraction of sp³-hybridized carbons (Fsp3) is 0.269. The first kappa shape index (κ1) is 20.2. The topological polar surface area (TPSA) is 67.2 Å². The van der Waals surface area contributed by atoms with Gasteiger partial charge in [0.1, 0.15) is 0 Å². The summed E-state index contributed by atoms with van der Waals surface area (Å²) < 4.78 is 1.70. The normalized spacial score (nSPS) is 14.1. The third-order valence-corrected chi connectivity index (χ3v) is 6.12. The molecule has 1 saturated heterocycles. The summed E-state index contributed by atoms with van der Waals surface area (Å²) in [4.78, 5) is 32.9. The second-order valence-corrected chi connectivity index (χ2v) is 8.25. The average Bonchev–Trinajstić information content (AvgIpc) is 2.84. The number of nitrogens with zero attached hydrogens (tertiary/aromatic N) is 3. The van der Waals surface area contributed by atoms with Crippen molar-refractivity contribution in [2.45, 2.75) is 32.2 Å². The van der Waals surface area contributed by atoms with Gasteiger partial charge < -0.3 is 14.8 Å². The Bertz CT molecular complexity index is 1330. The Morgan fingerprint density at radius 1 is 0.906 bits per heavy atom. The van der Waals surface area contributed by atoms with Crippen LogP contribution in [0.5, 0.6) is 0 Å². The summed E-state index contributed by atoms with van der Waals surface area (Å²) >= 11 is 0. The molecule has 32 heavy (non-hydrogen) atoms. The Kier molecular flexibility index (Phi) is 5.58. The molecule has 1 fully saturated rings. The number of aryl methyl sites for hydroxylation is 1. The number of fused-ring (bicyclic) bond motifs is 2. The lowest BCUT2D eigenvalue weighted by molar-refractivity contribution is -0.116. The largest absolute Gasteiger partial charge is 0.352 e. The van der Waals surface area contributed by atoms with E-state index in [1.165, 1.54) is 6.42 Å². The van der Waals surface area contributed by atoms with Crippen LogP contribution < -0.4 is 15.8 Å². The molecule has 5 rings (SSSR count). The number of amides is 1. The van der Waals surface area contributed by atoms with Gasteiger partial charge in [-0.05, 0) is 42.8 Å². The molecule has 0 spiro atoms. The van der Waals surface area contributed by atoms with Gasteiger partial charge in [-0.3, -0.25) is 9.59 Å². The lowest BCUT2D eigenvalue weighted by Gasteiger charge is -2.27. The summed E-state index contributed by atoms with van der Waals surface area (Å²) in [6.45, 7) is 2.00. The Balaban J connectivity index is 1.41. The van der Waals surface area contributed by atoms with Crippen molar-refractivity contribution in [2.24, 2.45) is 0 Å². The Morgan fingerprint density at radius 3 is 2.53 bits per heavy atom. The summed E-state index contributed by atoms with van der Waals surface area (Å²) in [6, 6.07) is 21.5. The van der Waals surface area contributed by atoms with E-state index in [2.05, 4.69) is 15.2 Å². The molecule has 0 bridgehead atoms. The van der Waals surface area contributed by atoms with E-state index in [0.29, 0.717) is 12.4 Å². The van der Waals surface area contributed by atoms with Crippen molar-refractivity contribution in [3.63, 3.8) is 0 Å². The van der Waals surface area contributed by atoms with Crippen LogP contribution in [0.2, 0.25) is 0 Å². The van der Waals surface area contributed by atoms with Gasteiger partial charge in [-0.1, -0.05) is 48.5 Å². The molecule has 1 aliphatic heterocycles. The maximum atomic E-state index is 13.4. The van der Waals surface area contributed by atoms with Crippen LogP contribution in [0.1, 0.15) is 25.7 Å². The fourth-order valence-electron chi connectivity index (χ4n) is 4.47. The molecule has 1 aliphatic rings. The number of benzene rings is 3. The van der Waals surface area contributed by atoms with Crippen LogP contribution in [-0.2, 0) is 11.3 Å². The van der Waals surface area contributed by atoms with Crippen LogP contribution in [0.15, 0.2) is 71.5 Å². The lowest BCUT2D eigenvalue weighted by Crippen LogP contribution is -2.37. The number of para-hydroxylation sites is 2. The highest BCUT2D eigenvalue weighted by Gasteiger charge is 2.19. The van der Waals surface area contributed by atoms with Crippen molar-refractivity contribution in [1.82, 2.24) is 9.55 Å². The van der Waals surface area contributed by atoms with Crippen molar-refractivity contribution in [3.8, 4) is 0 Å². The number of nitrogens with one attached hydrogen (secondary N) is 1. The zero-order chi connectivity index (χ0) is 21.9. The first-order chi connectivity index (χ1) is 15.7. The third-order valence-electron chi connectivity index (χ3n) is 6.12. The molecule has 2 heterocycles. The van der Waals surface area contributed by atoms with Gasteiger partial charge in [0.05, 0.1) is 11.0 Å². The summed E-state index contributed by atoms with van der Waals surface area (Å²) in [7, 11) is 0. The first-order valence-electron chi connectivity index (χ1n) is 11.2. The van der Waals surface area contributed by atoms with Crippen molar-refractivity contribution in [3.05, 3.63) is 77.1 Å². The molecule has 0 saturated carbocycles. The minimum absolute atomic E-state index is 0.117. The van der Waals surface area contributed by atoms with Gasteiger partial charge in [-0.15, -0.1) is 0 Å². The highest BCUT2D eigenvalue weighted by molar-refractivity contribution is 6.02. The predicted octanol–water partition coefficient (Wildman–Crippen LogP) is 4.57. The molecule has 1 amide bonds. The van der Waals surface area contributed by atoms with Crippen LogP contribution in [0.4, 0.5) is 11.5 Å². The van der Waals surface area contributed by atoms with Gasteiger partial charge in [-0.2, -0.15) is 0 Å². The predicted molar refractivity (Wildman–Crippen MR) is 129 cm³/mol. The number of aromatic nitrogens is 2. The number of piperidine rings is 1. The monoisotopic (exact) mass is 426 g/mol. The van der Waals surface area contributed by atoms with Gasteiger partial charge in [-0.25, -0.2) is 4.98 Å². The van der Waals surface area contributed by atoms with Crippen molar-refractivity contribution >= 4 is 39.2 Å². The van der Waals surface area contributed by atoms with Gasteiger partial charge in [0.2, 0.25) is 5.91 Å². The average molecular weight is 427 g/mol. The molecule has 0 atom stereocenters. The fourth-order valence-corrected chi connectivity index (χ4v) is 4.47. The minimum atomic E-state index is -0.122. The van der Waals surface area contributed by atoms with Crippen molar-refractivity contribution in [2.75, 3.05) is 23.3 Å². The second-order valence-electron chi connectivity index (χ2n) is 8.25. The third kappa shape index (κ3) is 3.96. The van der Waals surface area contributed by atoms with Gasteiger partial charge in [0.25, 0.3) is 5.56 Å². The van der Waals surface area contributed by atoms with Crippen LogP contribution in [0.25, 0.3) is 21.8 Å². The number of hydrogen-bond acceptors (Lipinski definition) is 4. The van der Waals surface area contributed by atoms with Crippen LogP contribution in [-0.4, -0.2) is 28.5 Å². The number of carbonyl (C=O) groups excluding carboxylic acids is 1. The summed E-state index contributed by atoms with van der Waals surface area (Å²) in [5, 5.41) is 5.10. The molecule has 3 aromatic carbocycles. The van der Waals surface area contributed by atoms with Crippen molar-refractivity contribution < 1.29 is 4.79 Å². The lowest BCUT2D eigenvalue weighted by atomic mass is 10.1. The smallest absolute Gasteiger partial charge is 0.294 e. The van der Waals surface area contributed by atoms with E-state index >= 15 is 0 Å². The Hall–Kier alpha value is -3.67. The number of rotatable bonds is 5. The van der Waals surface area contributed by atoms with Gasteiger partial charge in [0.15, 0.2) is 5.82 Å². The quantitative estimate of drug-likeness (QED) is 0.508. The van der Waals surface area contributed by atoms with E-state index < -0.39 is 0 Å². The molecule has 0 unspecified atom stereocenters. The number of carbonyl (C=O) groups is 1. The Labute approximate surface area is 186 Å². The minimum Gasteiger partial charge on any atom is -0.352 e. The van der Waals surface area contributed by atoms with Gasteiger partial charge in [0, 0.05) is 37.1 Å². The molecule has 162 valence electrons. The van der Waals surface area contributed by atoms with Crippen LogP contribution >= 0.6 is 0 Å². The molecule has 0 aliphatic carbocycles. The zero-order valence-electron chi connectivity index (χ0n) is 18.0. The molecular weight excluding hydrogens is 400 g/mol. The molecule has 6 nitrogen and oxygen atoms in total. The van der Waals surface area contributed by atoms with E-state index in [0.717, 1.165) is 53.4 Å². The molecule has 6 heteroatoms. The molecule has 4 aromatic rings. The number of anilines is 2. The van der Waals surface area contributed by atoms with Gasteiger partial charge >= 0.3 is 0 Å². The maximum absolute atomic E-state index is 13.4. The highest BCUT2D eigenvalue weighted by atomic mass is 16.2. The standard InChI is InChI=1S/C26H26N4O2/c31-24(27-21-13-8-10-19-9-2-3-11-20(19)21)15-18-30-23-14-5-4-12-22(23)28-25(26(30)32)29-16-6-1-7-17-29/h2-5,8-14H,1,6-7,15-18H2,(H,27,31). The van der Waals surface area contributed by atoms with E-state index in [9.17, 15) is 9.59 Å². The van der Waals surface area contributed by atoms with E-state index in [4.69, 9.17) is 0 Å². The summed E-state index contributed by atoms with van der Waals surface area (Å²) in [6.07, 6.45) is 3.53. The van der Waals surface area contributed by atoms with Crippen LogP contribution in [0.3, 0.4) is 0 Å². The molecular formula is C26H26N4O2. The maximum Gasteiger partial charge on any atom is 0.294 e. The van der Waals surface area contributed by atoms with E-state index in [-0.39, 0.29) is 17.9 Å². The van der Waals surface area contributed by atoms with E-state index in [1.807, 2.05) is 66.7 Å². The van der Waals surface area contributed by atoms with Crippen LogP contribution in [0, 0.1) is 0 Å². The molecule has 1 aromatic heterocycles. The number of hydrogen-bond donors (Lipinski definition) is 1. The highest BCUT2D eigenvalue weighted by Crippen LogP contribution is 2.23. The van der Waals surface area contributed by atoms with Crippen molar-refractivity contribution in [1.29, 1.82) is 0 Å². The molecule has 1 N–H and O–H groups in total. The summed E-state index contributed by atoms with van der Waals surface area (Å²) in [5.41, 5.74) is 2.20. The zero-order valence-corrected chi connectivity index (χ0v) is 18.0.